The molecule has 0 spiro atoms. The number of imidazole rings is 1. The fraction of sp³-hybridized carbons (Fsp3) is 0.333. The van der Waals surface area contributed by atoms with Gasteiger partial charge in [-0.2, -0.15) is 0 Å². The number of hydrogen-bond donors (Lipinski definition) is 0. The summed E-state index contributed by atoms with van der Waals surface area (Å²) in [5, 5.41) is 0. The van der Waals surface area contributed by atoms with Gasteiger partial charge in [0.25, 0.3) is 5.91 Å². The molecule has 0 unspecified atom stereocenters. The van der Waals surface area contributed by atoms with Crippen LogP contribution in [0.1, 0.15) is 28.7 Å². The largest absolute Gasteiger partial charge is 0.334 e. The average molecular weight is 255 g/mol. The first kappa shape index (κ1) is 12.0. The molecule has 0 saturated carbocycles. The Morgan fingerprint density at radius 3 is 3.00 bits per heavy atom. The van der Waals surface area contributed by atoms with E-state index in [0.717, 1.165) is 36.5 Å². The van der Waals surface area contributed by atoms with E-state index in [1.165, 1.54) is 0 Å². The van der Waals surface area contributed by atoms with Gasteiger partial charge in [-0.15, -0.1) is 0 Å². The van der Waals surface area contributed by atoms with Crippen molar-refractivity contribution in [3.8, 4) is 0 Å². The zero-order chi connectivity index (χ0) is 13.2. The second-order valence-electron chi connectivity index (χ2n) is 4.76. The highest BCUT2D eigenvalue weighted by atomic mass is 16.2. The molecule has 1 amide bonds. The number of benzene rings is 1. The van der Waals surface area contributed by atoms with Crippen molar-refractivity contribution in [2.24, 2.45) is 0 Å². The molecular weight excluding hydrogens is 238 g/mol. The van der Waals surface area contributed by atoms with Gasteiger partial charge in [-0.3, -0.25) is 4.79 Å². The molecule has 0 atom stereocenters. The molecule has 1 aromatic heterocycles. The molecule has 0 saturated heterocycles. The summed E-state index contributed by atoms with van der Waals surface area (Å²) in [6.07, 6.45) is 4.67. The molecule has 0 aliphatic carbocycles. The highest BCUT2D eigenvalue weighted by Crippen LogP contribution is 2.19. The monoisotopic (exact) mass is 255 g/mol. The summed E-state index contributed by atoms with van der Waals surface area (Å²) in [6.45, 7) is 4.33. The van der Waals surface area contributed by atoms with Crippen LogP contribution in [0.5, 0.6) is 0 Å². The topological polar surface area (TPSA) is 38.1 Å². The van der Waals surface area contributed by atoms with Gasteiger partial charge in [-0.05, 0) is 25.0 Å². The molecule has 2 aromatic rings. The molecule has 4 nitrogen and oxygen atoms in total. The van der Waals surface area contributed by atoms with E-state index in [1.54, 1.807) is 6.20 Å². The van der Waals surface area contributed by atoms with Crippen molar-refractivity contribution < 1.29 is 4.79 Å². The molecule has 0 N–H and O–H groups in total. The van der Waals surface area contributed by atoms with Crippen molar-refractivity contribution in [1.29, 1.82) is 0 Å². The number of aryl methyl sites for hydroxylation is 1. The van der Waals surface area contributed by atoms with Crippen molar-refractivity contribution in [3.63, 3.8) is 0 Å². The summed E-state index contributed by atoms with van der Waals surface area (Å²) in [4.78, 5) is 18.7. The minimum Gasteiger partial charge on any atom is -0.334 e. The normalized spacial score (nSPS) is 14.6. The van der Waals surface area contributed by atoms with E-state index in [4.69, 9.17) is 0 Å². The third-order valence-corrected chi connectivity index (χ3v) is 3.66. The molecule has 1 aliphatic heterocycles. The molecule has 1 aliphatic rings. The minimum absolute atomic E-state index is 0.118. The van der Waals surface area contributed by atoms with Crippen molar-refractivity contribution in [2.45, 2.75) is 26.4 Å². The standard InChI is InChI=1S/C15H17N3O/c1-2-17-10-8-16-14(17)11-18-9-7-12-5-3-4-6-13(12)15(18)19/h3-6,8,10H,2,7,9,11H2,1H3. The van der Waals surface area contributed by atoms with E-state index in [0.29, 0.717) is 6.54 Å². The first-order valence-electron chi connectivity index (χ1n) is 6.66. The summed E-state index contributed by atoms with van der Waals surface area (Å²) in [5.41, 5.74) is 1.99. The van der Waals surface area contributed by atoms with Crippen LogP contribution in [0.4, 0.5) is 0 Å². The van der Waals surface area contributed by atoms with E-state index >= 15 is 0 Å². The van der Waals surface area contributed by atoms with E-state index in [9.17, 15) is 4.79 Å². The van der Waals surface area contributed by atoms with Crippen LogP contribution in [0.25, 0.3) is 0 Å². The number of hydrogen-bond acceptors (Lipinski definition) is 2. The summed E-state index contributed by atoms with van der Waals surface area (Å²) in [5.74, 6) is 1.07. The third kappa shape index (κ3) is 2.14. The van der Waals surface area contributed by atoms with Gasteiger partial charge in [-0.1, -0.05) is 18.2 Å². The first-order valence-corrected chi connectivity index (χ1v) is 6.66. The second kappa shape index (κ2) is 4.88. The molecule has 19 heavy (non-hydrogen) atoms. The van der Waals surface area contributed by atoms with Crippen molar-refractivity contribution in [1.82, 2.24) is 14.5 Å². The Bertz CT molecular complexity index is 603. The zero-order valence-corrected chi connectivity index (χ0v) is 11.0. The average Bonchev–Trinajstić information content (AvgIpc) is 2.89. The van der Waals surface area contributed by atoms with E-state index in [1.807, 2.05) is 35.4 Å². The highest BCUT2D eigenvalue weighted by Gasteiger charge is 2.24. The molecule has 0 bridgehead atoms. The maximum Gasteiger partial charge on any atom is 0.254 e. The second-order valence-corrected chi connectivity index (χ2v) is 4.76. The van der Waals surface area contributed by atoms with Crippen LogP contribution >= 0.6 is 0 Å². The third-order valence-electron chi connectivity index (χ3n) is 3.66. The fourth-order valence-electron chi connectivity index (χ4n) is 2.58. The number of carbonyl (C=O) groups is 1. The molecule has 1 aromatic carbocycles. The lowest BCUT2D eigenvalue weighted by atomic mass is 9.99. The van der Waals surface area contributed by atoms with Gasteiger partial charge in [-0.25, -0.2) is 4.98 Å². The Kier molecular flexibility index (Phi) is 3.07. The first-order chi connectivity index (χ1) is 9.29. The summed E-state index contributed by atoms with van der Waals surface area (Å²) >= 11 is 0. The van der Waals surface area contributed by atoms with Gasteiger partial charge >= 0.3 is 0 Å². The molecule has 0 fully saturated rings. The van der Waals surface area contributed by atoms with Crippen LogP contribution in [0.2, 0.25) is 0 Å². The predicted molar refractivity (Wildman–Crippen MR) is 72.8 cm³/mol. The highest BCUT2D eigenvalue weighted by molar-refractivity contribution is 5.96. The maximum absolute atomic E-state index is 12.4. The molecule has 0 radical (unpaired) electrons. The number of carbonyl (C=O) groups excluding carboxylic acids is 1. The van der Waals surface area contributed by atoms with Crippen LogP contribution in [0, 0.1) is 0 Å². The van der Waals surface area contributed by atoms with Gasteiger partial charge in [0.05, 0.1) is 6.54 Å². The Morgan fingerprint density at radius 1 is 1.32 bits per heavy atom. The van der Waals surface area contributed by atoms with E-state index < -0.39 is 0 Å². The number of rotatable bonds is 3. The molecule has 98 valence electrons. The van der Waals surface area contributed by atoms with Gasteiger partial charge in [0, 0.05) is 31.0 Å². The van der Waals surface area contributed by atoms with Crippen molar-refractivity contribution in [2.75, 3.05) is 6.54 Å². The summed E-state index contributed by atoms with van der Waals surface area (Å²) in [6, 6.07) is 7.87. The van der Waals surface area contributed by atoms with Gasteiger partial charge in [0.15, 0.2) is 0 Å². The predicted octanol–water partition coefficient (Wildman–Crippen LogP) is 2.10. The Morgan fingerprint density at radius 2 is 2.16 bits per heavy atom. The van der Waals surface area contributed by atoms with Crippen molar-refractivity contribution in [3.05, 3.63) is 53.6 Å². The van der Waals surface area contributed by atoms with Crippen LogP contribution in [0.3, 0.4) is 0 Å². The van der Waals surface area contributed by atoms with Crippen LogP contribution in [-0.2, 0) is 19.5 Å². The molecule has 4 heteroatoms. The van der Waals surface area contributed by atoms with Crippen LogP contribution in [0.15, 0.2) is 36.7 Å². The summed E-state index contributed by atoms with van der Waals surface area (Å²) < 4.78 is 2.08. The van der Waals surface area contributed by atoms with Gasteiger partial charge in [0.1, 0.15) is 5.82 Å². The van der Waals surface area contributed by atoms with E-state index in [-0.39, 0.29) is 5.91 Å². The number of fused-ring (bicyclic) bond motifs is 1. The lowest BCUT2D eigenvalue weighted by Gasteiger charge is -2.28. The fourth-order valence-corrected chi connectivity index (χ4v) is 2.58. The minimum atomic E-state index is 0.118. The smallest absolute Gasteiger partial charge is 0.254 e. The van der Waals surface area contributed by atoms with Crippen LogP contribution in [-0.4, -0.2) is 26.9 Å². The number of aromatic nitrogens is 2. The Hall–Kier alpha value is -2.10. The van der Waals surface area contributed by atoms with Gasteiger partial charge < -0.3 is 9.47 Å². The van der Waals surface area contributed by atoms with E-state index in [2.05, 4.69) is 16.5 Å². The molecule has 3 rings (SSSR count). The Labute approximate surface area is 112 Å². The Balaban J connectivity index is 1.83. The lowest BCUT2D eigenvalue weighted by molar-refractivity contribution is 0.0721. The number of amides is 1. The lowest BCUT2D eigenvalue weighted by Crippen LogP contribution is -2.37. The summed E-state index contributed by atoms with van der Waals surface area (Å²) in [7, 11) is 0. The molecular formula is C15H17N3O. The van der Waals surface area contributed by atoms with Gasteiger partial charge in [0.2, 0.25) is 0 Å². The maximum atomic E-state index is 12.4. The van der Waals surface area contributed by atoms with Crippen LogP contribution < -0.4 is 0 Å². The molecule has 2 heterocycles. The zero-order valence-electron chi connectivity index (χ0n) is 11.0. The SMILES string of the molecule is CCn1ccnc1CN1CCc2ccccc2C1=O. The number of nitrogens with zero attached hydrogens (tertiary/aromatic N) is 3. The van der Waals surface area contributed by atoms with Crippen molar-refractivity contribution >= 4 is 5.91 Å². The quantitative estimate of drug-likeness (QED) is 0.842.